The number of aromatic nitrogens is 1. The van der Waals surface area contributed by atoms with E-state index in [0.29, 0.717) is 42.7 Å². The van der Waals surface area contributed by atoms with E-state index in [9.17, 15) is 14.0 Å². The number of benzene rings is 2. The van der Waals surface area contributed by atoms with Gasteiger partial charge in [-0.1, -0.05) is 6.07 Å². The highest BCUT2D eigenvalue weighted by molar-refractivity contribution is 5.95. The zero-order chi connectivity index (χ0) is 27.3. The summed E-state index contributed by atoms with van der Waals surface area (Å²) in [7, 11) is 0. The molecule has 0 atom stereocenters. The van der Waals surface area contributed by atoms with Crippen LogP contribution in [-0.4, -0.2) is 40.6 Å². The first-order valence-corrected chi connectivity index (χ1v) is 12.5. The molecule has 2 N–H and O–H groups in total. The molecular weight excluding hydrogens is 489 g/mol. The number of halogens is 1. The summed E-state index contributed by atoms with van der Waals surface area (Å²) in [6.07, 6.45) is 3.76. The fourth-order valence-electron chi connectivity index (χ4n) is 4.20. The Morgan fingerprint density at radius 3 is 2.26 bits per heavy atom. The summed E-state index contributed by atoms with van der Waals surface area (Å²) in [4.78, 5) is 30.6. The molecule has 8 nitrogen and oxygen atoms in total. The Balaban J connectivity index is 1.36. The van der Waals surface area contributed by atoms with Crippen molar-refractivity contribution in [2.75, 3.05) is 13.1 Å². The molecule has 2 aromatic carbocycles. The van der Waals surface area contributed by atoms with Gasteiger partial charge in [0.2, 0.25) is 5.88 Å². The molecule has 9 heteroatoms. The van der Waals surface area contributed by atoms with E-state index >= 15 is 0 Å². The SMILES string of the molecule is CC(C)(C)OC(=O)N1CCC(Cc2cnc(Oc3ccc(Oc4cccc(F)c4)cc3)c(C(N)=O)c2)CC1. The van der Waals surface area contributed by atoms with Crippen molar-refractivity contribution in [2.24, 2.45) is 11.7 Å². The topological polar surface area (TPSA) is 104 Å². The minimum atomic E-state index is -0.639. The molecule has 2 heterocycles. The number of nitrogens with zero attached hydrogens (tertiary/aromatic N) is 2. The van der Waals surface area contributed by atoms with Gasteiger partial charge in [0, 0.05) is 25.4 Å². The lowest BCUT2D eigenvalue weighted by molar-refractivity contribution is 0.0184. The second-order valence-electron chi connectivity index (χ2n) is 10.3. The number of primary amides is 1. The Morgan fingerprint density at radius 1 is 1.00 bits per heavy atom. The first-order valence-electron chi connectivity index (χ1n) is 12.5. The first kappa shape index (κ1) is 26.9. The van der Waals surface area contributed by atoms with E-state index in [1.165, 1.54) is 12.1 Å². The van der Waals surface area contributed by atoms with Crippen molar-refractivity contribution in [3.05, 3.63) is 77.7 Å². The van der Waals surface area contributed by atoms with Crippen LogP contribution in [0.4, 0.5) is 9.18 Å². The second-order valence-corrected chi connectivity index (χ2v) is 10.3. The lowest BCUT2D eigenvalue weighted by atomic mass is 9.90. The minimum Gasteiger partial charge on any atom is -0.457 e. The number of hydrogen-bond donors (Lipinski definition) is 1. The Hall–Kier alpha value is -4.14. The van der Waals surface area contributed by atoms with Crippen LogP contribution in [0.3, 0.4) is 0 Å². The largest absolute Gasteiger partial charge is 0.457 e. The maximum atomic E-state index is 13.4. The molecule has 1 aliphatic rings. The molecule has 38 heavy (non-hydrogen) atoms. The maximum Gasteiger partial charge on any atom is 0.410 e. The summed E-state index contributed by atoms with van der Waals surface area (Å²) < 4.78 is 30.3. The summed E-state index contributed by atoms with van der Waals surface area (Å²) in [6.45, 7) is 6.80. The predicted molar refractivity (Wildman–Crippen MR) is 140 cm³/mol. The molecule has 0 bridgehead atoms. The van der Waals surface area contributed by atoms with Crippen molar-refractivity contribution >= 4 is 12.0 Å². The van der Waals surface area contributed by atoms with Crippen LogP contribution in [0, 0.1) is 11.7 Å². The molecule has 3 aromatic rings. The first-order chi connectivity index (χ1) is 18.1. The Morgan fingerprint density at radius 2 is 1.66 bits per heavy atom. The second kappa shape index (κ2) is 11.5. The van der Waals surface area contributed by atoms with Gasteiger partial charge in [0.25, 0.3) is 5.91 Å². The number of carbonyl (C=O) groups is 2. The molecule has 1 fully saturated rings. The highest BCUT2D eigenvalue weighted by Gasteiger charge is 2.27. The number of ether oxygens (including phenoxy) is 3. The van der Waals surface area contributed by atoms with Crippen LogP contribution in [0.2, 0.25) is 0 Å². The Kier molecular flexibility index (Phi) is 8.14. The number of pyridine rings is 1. The van der Waals surface area contributed by atoms with Crippen LogP contribution in [-0.2, 0) is 11.2 Å². The van der Waals surface area contributed by atoms with E-state index in [4.69, 9.17) is 19.9 Å². The summed E-state index contributed by atoms with van der Waals surface area (Å²) >= 11 is 0. The third-order valence-corrected chi connectivity index (χ3v) is 6.03. The van der Waals surface area contributed by atoms with Gasteiger partial charge in [0.05, 0.1) is 0 Å². The van der Waals surface area contributed by atoms with Gasteiger partial charge in [0.1, 0.15) is 34.2 Å². The molecular formula is C29H32FN3O5. The molecule has 0 aliphatic carbocycles. The molecule has 2 amide bonds. The highest BCUT2D eigenvalue weighted by atomic mass is 19.1. The zero-order valence-corrected chi connectivity index (χ0v) is 21.8. The minimum absolute atomic E-state index is 0.111. The quantitative estimate of drug-likeness (QED) is 0.403. The van der Waals surface area contributed by atoms with Gasteiger partial charge in [-0.05, 0) is 94.0 Å². The monoisotopic (exact) mass is 521 g/mol. The van der Waals surface area contributed by atoms with Crippen LogP contribution in [0.15, 0.2) is 60.8 Å². The van der Waals surface area contributed by atoms with Crippen molar-refractivity contribution in [2.45, 2.75) is 45.6 Å². The van der Waals surface area contributed by atoms with E-state index in [1.54, 1.807) is 53.6 Å². The molecule has 0 radical (unpaired) electrons. The third-order valence-electron chi connectivity index (χ3n) is 6.03. The standard InChI is InChI=1S/C29H32FN3O5/c1-29(2,3)38-28(35)33-13-11-19(12-14-33)15-20-16-25(26(31)34)27(32-18-20)37-23-9-7-22(8-10-23)36-24-6-4-5-21(30)17-24/h4-10,16-19H,11-15H2,1-3H3,(H2,31,34). The van der Waals surface area contributed by atoms with Crippen LogP contribution in [0.1, 0.15) is 49.5 Å². The van der Waals surface area contributed by atoms with Crippen molar-refractivity contribution in [1.29, 1.82) is 0 Å². The molecule has 1 aromatic heterocycles. The number of piperidine rings is 1. The van der Waals surface area contributed by atoms with Gasteiger partial charge in [-0.3, -0.25) is 4.79 Å². The summed E-state index contributed by atoms with van der Waals surface area (Å²) in [5.74, 6) is 0.742. The summed E-state index contributed by atoms with van der Waals surface area (Å²) in [5, 5.41) is 0. The van der Waals surface area contributed by atoms with E-state index in [-0.39, 0.29) is 23.4 Å². The Labute approximate surface area is 221 Å². The predicted octanol–water partition coefficient (Wildman–Crippen LogP) is 6.09. The zero-order valence-electron chi connectivity index (χ0n) is 21.8. The van der Waals surface area contributed by atoms with E-state index in [2.05, 4.69) is 4.98 Å². The van der Waals surface area contributed by atoms with Crippen LogP contribution >= 0.6 is 0 Å². The molecule has 0 unspecified atom stereocenters. The number of rotatable bonds is 7. The van der Waals surface area contributed by atoms with Crippen molar-refractivity contribution in [3.8, 4) is 23.1 Å². The molecule has 4 rings (SSSR count). The van der Waals surface area contributed by atoms with Crippen molar-refractivity contribution in [1.82, 2.24) is 9.88 Å². The number of likely N-dealkylation sites (tertiary alicyclic amines) is 1. The molecule has 1 aliphatic heterocycles. The lowest BCUT2D eigenvalue weighted by Crippen LogP contribution is -2.42. The highest BCUT2D eigenvalue weighted by Crippen LogP contribution is 2.29. The van der Waals surface area contributed by atoms with Gasteiger partial charge in [-0.25, -0.2) is 14.2 Å². The normalized spacial score (nSPS) is 14.2. The van der Waals surface area contributed by atoms with E-state index < -0.39 is 11.5 Å². The van der Waals surface area contributed by atoms with Gasteiger partial charge in [0.15, 0.2) is 0 Å². The smallest absolute Gasteiger partial charge is 0.410 e. The van der Waals surface area contributed by atoms with Gasteiger partial charge in [-0.15, -0.1) is 0 Å². The van der Waals surface area contributed by atoms with Crippen LogP contribution in [0.25, 0.3) is 0 Å². The molecule has 0 spiro atoms. The maximum absolute atomic E-state index is 13.4. The lowest BCUT2D eigenvalue weighted by Gasteiger charge is -2.33. The van der Waals surface area contributed by atoms with Crippen molar-refractivity contribution < 1.29 is 28.2 Å². The van der Waals surface area contributed by atoms with Gasteiger partial charge in [-0.2, -0.15) is 0 Å². The van der Waals surface area contributed by atoms with Crippen LogP contribution < -0.4 is 15.2 Å². The number of carbonyl (C=O) groups excluding carboxylic acids is 2. The van der Waals surface area contributed by atoms with Gasteiger partial charge >= 0.3 is 6.09 Å². The molecule has 0 saturated carbocycles. The summed E-state index contributed by atoms with van der Waals surface area (Å²) in [5.41, 5.74) is 6.17. The van der Waals surface area contributed by atoms with Gasteiger partial charge < -0.3 is 24.8 Å². The Bertz CT molecular complexity index is 1280. The molecule has 1 saturated heterocycles. The number of hydrogen-bond acceptors (Lipinski definition) is 6. The average molecular weight is 522 g/mol. The van der Waals surface area contributed by atoms with Crippen LogP contribution in [0.5, 0.6) is 23.1 Å². The fraction of sp³-hybridized carbons (Fsp3) is 0.345. The van der Waals surface area contributed by atoms with E-state index in [1.807, 2.05) is 20.8 Å². The average Bonchev–Trinajstić information content (AvgIpc) is 2.85. The number of amides is 2. The fourth-order valence-corrected chi connectivity index (χ4v) is 4.20. The van der Waals surface area contributed by atoms with Crippen molar-refractivity contribution in [3.63, 3.8) is 0 Å². The molecule has 200 valence electrons. The number of nitrogens with two attached hydrogens (primary N) is 1. The van der Waals surface area contributed by atoms with E-state index in [0.717, 1.165) is 18.4 Å². The summed E-state index contributed by atoms with van der Waals surface area (Å²) in [6, 6.07) is 14.2. The third kappa shape index (κ3) is 7.44.